The smallest absolute Gasteiger partial charge is 0.152 e. The van der Waals surface area contributed by atoms with Crippen LogP contribution in [0.4, 0.5) is 5.82 Å². The normalized spacial score (nSPS) is 18.0. The van der Waals surface area contributed by atoms with Crippen molar-refractivity contribution in [2.24, 2.45) is 0 Å². The van der Waals surface area contributed by atoms with Crippen LogP contribution < -0.4 is 4.90 Å². The molecule has 1 atom stereocenters. The summed E-state index contributed by atoms with van der Waals surface area (Å²) in [7, 11) is 2.16. The summed E-state index contributed by atoms with van der Waals surface area (Å²) < 4.78 is 5.95. The Bertz CT molecular complexity index is 785. The van der Waals surface area contributed by atoms with Gasteiger partial charge in [0.25, 0.3) is 0 Å². The maximum absolute atomic E-state index is 5.95. The maximum atomic E-state index is 5.95. The number of nitrogens with zero attached hydrogens (tertiary/aromatic N) is 5. The lowest BCUT2D eigenvalue weighted by Crippen LogP contribution is -2.46. The number of rotatable bonds is 5. The Morgan fingerprint density at radius 1 is 1.28 bits per heavy atom. The van der Waals surface area contributed by atoms with Gasteiger partial charge in [-0.05, 0) is 50.2 Å². The number of hydrogen-bond acceptors (Lipinski definition) is 6. The number of aromatic amines is 1. The average Bonchev–Trinajstić information content (AvgIpc) is 3.34. The first kappa shape index (κ1) is 15.8. The van der Waals surface area contributed by atoms with Crippen molar-refractivity contribution < 1.29 is 4.42 Å². The summed E-state index contributed by atoms with van der Waals surface area (Å²) >= 11 is 0. The first-order valence-corrected chi connectivity index (χ1v) is 8.61. The molecular formula is C18H22N6O. The van der Waals surface area contributed by atoms with Gasteiger partial charge >= 0.3 is 0 Å². The van der Waals surface area contributed by atoms with E-state index in [0.29, 0.717) is 6.04 Å². The fourth-order valence-electron chi connectivity index (χ4n) is 3.36. The lowest BCUT2D eigenvalue weighted by molar-refractivity contribution is 0.194. The van der Waals surface area contributed by atoms with Crippen LogP contribution in [0.2, 0.25) is 0 Å². The quantitative estimate of drug-likeness (QED) is 0.771. The molecule has 1 aliphatic heterocycles. The number of likely N-dealkylation sites (N-methyl/N-ethyl adjacent to an activating group) is 1. The van der Waals surface area contributed by atoms with Crippen LogP contribution in [-0.4, -0.2) is 51.5 Å². The van der Waals surface area contributed by atoms with Crippen LogP contribution in [-0.2, 0) is 6.54 Å². The first-order valence-electron chi connectivity index (χ1n) is 8.61. The Hall–Kier alpha value is -2.67. The lowest BCUT2D eigenvalue weighted by Gasteiger charge is -2.37. The predicted octanol–water partition coefficient (Wildman–Crippen LogP) is 2.56. The molecule has 0 radical (unpaired) electrons. The Balaban J connectivity index is 1.40. The second-order valence-electron chi connectivity index (χ2n) is 6.48. The van der Waals surface area contributed by atoms with Gasteiger partial charge in [0, 0.05) is 31.5 Å². The van der Waals surface area contributed by atoms with Crippen molar-refractivity contribution in [1.29, 1.82) is 0 Å². The van der Waals surface area contributed by atoms with E-state index in [0.717, 1.165) is 49.1 Å². The van der Waals surface area contributed by atoms with Gasteiger partial charge in [-0.1, -0.05) is 0 Å². The van der Waals surface area contributed by atoms with Crippen LogP contribution >= 0.6 is 0 Å². The summed E-state index contributed by atoms with van der Waals surface area (Å²) in [6.45, 7) is 2.78. The maximum Gasteiger partial charge on any atom is 0.152 e. The van der Waals surface area contributed by atoms with E-state index in [1.807, 2.05) is 30.3 Å². The number of nitrogens with one attached hydrogen (secondary N) is 1. The second-order valence-corrected chi connectivity index (χ2v) is 6.48. The van der Waals surface area contributed by atoms with Crippen LogP contribution in [0.5, 0.6) is 0 Å². The fourth-order valence-corrected chi connectivity index (χ4v) is 3.36. The fraction of sp³-hybridized carbons (Fsp3) is 0.389. The molecule has 3 aromatic heterocycles. The highest BCUT2D eigenvalue weighted by atomic mass is 16.3. The van der Waals surface area contributed by atoms with Gasteiger partial charge in [0.05, 0.1) is 6.54 Å². The van der Waals surface area contributed by atoms with Gasteiger partial charge in [0.15, 0.2) is 11.6 Å². The van der Waals surface area contributed by atoms with E-state index in [9.17, 15) is 0 Å². The summed E-state index contributed by atoms with van der Waals surface area (Å²) in [5.41, 5.74) is 0.903. The van der Waals surface area contributed by atoms with E-state index >= 15 is 0 Å². The van der Waals surface area contributed by atoms with E-state index in [-0.39, 0.29) is 0 Å². The van der Waals surface area contributed by atoms with E-state index in [1.54, 1.807) is 12.4 Å². The van der Waals surface area contributed by atoms with Gasteiger partial charge < -0.3 is 9.32 Å². The van der Waals surface area contributed by atoms with E-state index in [2.05, 4.69) is 37.2 Å². The number of H-pyrrole nitrogens is 1. The molecule has 1 aliphatic rings. The molecule has 0 bridgehead atoms. The predicted molar refractivity (Wildman–Crippen MR) is 95.0 cm³/mol. The van der Waals surface area contributed by atoms with Crippen molar-refractivity contribution in [2.75, 3.05) is 25.0 Å². The zero-order valence-electron chi connectivity index (χ0n) is 14.3. The minimum Gasteiger partial charge on any atom is -0.458 e. The van der Waals surface area contributed by atoms with E-state index in [1.165, 1.54) is 6.42 Å². The molecule has 1 N–H and O–H groups in total. The van der Waals surface area contributed by atoms with Crippen molar-refractivity contribution in [1.82, 2.24) is 25.3 Å². The van der Waals surface area contributed by atoms with Crippen molar-refractivity contribution in [3.63, 3.8) is 0 Å². The average molecular weight is 338 g/mol. The van der Waals surface area contributed by atoms with E-state index < -0.39 is 0 Å². The summed E-state index contributed by atoms with van der Waals surface area (Å²) in [6, 6.07) is 10.4. The third-order valence-electron chi connectivity index (χ3n) is 4.74. The minimum atomic E-state index is 0.469. The number of aromatic nitrogens is 4. The number of anilines is 1. The Morgan fingerprint density at radius 3 is 3.04 bits per heavy atom. The lowest BCUT2D eigenvalue weighted by atomic mass is 10.0. The molecule has 0 aromatic carbocycles. The van der Waals surface area contributed by atoms with Gasteiger partial charge in [-0.25, -0.2) is 0 Å². The molecule has 4 rings (SSSR count). The molecular weight excluding hydrogens is 316 g/mol. The van der Waals surface area contributed by atoms with Crippen LogP contribution in [0.25, 0.3) is 11.5 Å². The SMILES string of the molecule is CN(Cc1ccc(-c2ccn[nH]2)o1)[C@H]1CCCN(c2cccnn2)C1. The molecule has 0 spiro atoms. The molecule has 130 valence electrons. The van der Waals surface area contributed by atoms with Crippen LogP contribution in [0.3, 0.4) is 0 Å². The molecule has 7 nitrogen and oxygen atoms in total. The first-order chi connectivity index (χ1) is 12.3. The molecule has 1 saturated heterocycles. The van der Waals surface area contributed by atoms with Gasteiger partial charge in [0.1, 0.15) is 11.5 Å². The Kier molecular flexibility index (Phi) is 4.47. The molecule has 25 heavy (non-hydrogen) atoms. The molecule has 0 amide bonds. The number of hydrogen-bond donors (Lipinski definition) is 1. The molecule has 0 aliphatic carbocycles. The molecule has 0 unspecified atom stereocenters. The van der Waals surface area contributed by atoms with Crippen molar-refractivity contribution in [2.45, 2.75) is 25.4 Å². The molecule has 1 fully saturated rings. The Labute approximate surface area is 146 Å². The number of furan rings is 1. The topological polar surface area (TPSA) is 74.1 Å². The molecule has 4 heterocycles. The van der Waals surface area contributed by atoms with Crippen molar-refractivity contribution >= 4 is 5.82 Å². The van der Waals surface area contributed by atoms with E-state index in [4.69, 9.17) is 4.42 Å². The molecule has 7 heteroatoms. The van der Waals surface area contributed by atoms with Crippen molar-refractivity contribution in [3.8, 4) is 11.5 Å². The van der Waals surface area contributed by atoms with Gasteiger partial charge in [-0.15, -0.1) is 5.10 Å². The largest absolute Gasteiger partial charge is 0.458 e. The van der Waals surface area contributed by atoms with Gasteiger partial charge in [-0.3, -0.25) is 10.00 Å². The summed E-state index contributed by atoms with van der Waals surface area (Å²) in [6.07, 6.45) is 5.78. The van der Waals surface area contributed by atoms with Crippen LogP contribution in [0.1, 0.15) is 18.6 Å². The zero-order chi connectivity index (χ0) is 17.1. The highest BCUT2D eigenvalue weighted by Crippen LogP contribution is 2.23. The van der Waals surface area contributed by atoms with Crippen LogP contribution in [0.15, 0.2) is 47.1 Å². The van der Waals surface area contributed by atoms with Gasteiger partial charge in [-0.2, -0.15) is 10.2 Å². The highest BCUT2D eigenvalue weighted by molar-refractivity contribution is 5.51. The zero-order valence-corrected chi connectivity index (χ0v) is 14.3. The summed E-state index contributed by atoms with van der Waals surface area (Å²) in [5, 5.41) is 15.1. The van der Waals surface area contributed by atoms with Crippen LogP contribution in [0, 0.1) is 0 Å². The molecule has 3 aromatic rings. The second kappa shape index (κ2) is 7.06. The third kappa shape index (κ3) is 3.56. The third-order valence-corrected chi connectivity index (χ3v) is 4.74. The minimum absolute atomic E-state index is 0.469. The van der Waals surface area contributed by atoms with Crippen molar-refractivity contribution in [3.05, 3.63) is 48.5 Å². The summed E-state index contributed by atoms with van der Waals surface area (Å²) in [5.74, 6) is 2.74. The highest BCUT2D eigenvalue weighted by Gasteiger charge is 2.24. The standard InChI is InChI=1S/C18H22N6O/c1-23(13-15-6-7-17(25-15)16-8-10-20-21-16)14-4-3-11-24(12-14)18-5-2-9-19-22-18/h2,5-10,14H,3-4,11-13H2,1H3,(H,20,21)/t14-/m0/s1. The monoisotopic (exact) mass is 338 g/mol. The summed E-state index contributed by atoms with van der Waals surface area (Å²) in [4.78, 5) is 4.67. The Morgan fingerprint density at radius 2 is 2.24 bits per heavy atom. The molecule has 0 saturated carbocycles. The number of piperidine rings is 1. The van der Waals surface area contributed by atoms with Gasteiger partial charge in [0.2, 0.25) is 0 Å².